The van der Waals surface area contributed by atoms with Crippen molar-refractivity contribution in [1.82, 2.24) is 0 Å². The average molecular weight is 324 g/mol. The van der Waals surface area contributed by atoms with E-state index in [1.807, 2.05) is 68.4 Å². The van der Waals surface area contributed by atoms with Gasteiger partial charge in [-0.15, -0.1) is 0 Å². The van der Waals surface area contributed by atoms with Crippen molar-refractivity contribution < 1.29 is 4.79 Å². The summed E-state index contributed by atoms with van der Waals surface area (Å²) in [6.07, 6.45) is 0.510. The molecule has 0 aliphatic carbocycles. The number of guanidine groups is 1. The van der Waals surface area contributed by atoms with Crippen LogP contribution in [-0.2, 0) is 11.3 Å². The molecule has 5 heteroatoms. The Morgan fingerprint density at radius 3 is 2.46 bits per heavy atom. The van der Waals surface area contributed by atoms with Gasteiger partial charge in [-0.1, -0.05) is 44.2 Å². The molecule has 0 bridgehead atoms. The van der Waals surface area contributed by atoms with Crippen LogP contribution in [0.25, 0.3) is 0 Å². The van der Waals surface area contributed by atoms with E-state index in [0.29, 0.717) is 24.8 Å². The molecule has 0 saturated heterocycles. The number of nitrogens with one attached hydrogen (secondary N) is 2. The third-order valence-electron chi connectivity index (χ3n) is 3.28. The van der Waals surface area contributed by atoms with Crippen molar-refractivity contribution in [3.05, 3.63) is 60.2 Å². The molecule has 1 amide bonds. The number of hydrogen-bond donors (Lipinski definition) is 3. The maximum absolute atomic E-state index is 11.8. The number of hydrogen-bond acceptors (Lipinski definition) is 2. The lowest BCUT2D eigenvalue weighted by Gasteiger charge is -2.09. The number of carbonyl (C=O) groups is 1. The molecule has 2 rings (SSSR count). The van der Waals surface area contributed by atoms with Gasteiger partial charge in [-0.05, 0) is 35.7 Å². The molecule has 0 aliphatic heterocycles. The fourth-order valence-corrected chi connectivity index (χ4v) is 2.22. The maximum atomic E-state index is 11.8. The zero-order valence-corrected chi connectivity index (χ0v) is 14.1. The van der Waals surface area contributed by atoms with E-state index in [1.54, 1.807) is 0 Å². The number of rotatable bonds is 6. The maximum Gasteiger partial charge on any atom is 0.224 e. The van der Waals surface area contributed by atoms with Crippen LogP contribution in [0.15, 0.2) is 59.6 Å². The second-order valence-corrected chi connectivity index (χ2v) is 6.04. The Kier molecular flexibility index (Phi) is 6.37. The smallest absolute Gasteiger partial charge is 0.224 e. The number of para-hydroxylation sites is 1. The van der Waals surface area contributed by atoms with E-state index in [9.17, 15) is 4.79 Å². The zero-order chi connectivity index (χ0) is 17.4. The van der Waals surface area contributed by atoms with E-state index in [-0.39, 0.29) is 5.91 Å². The summed E-state index contributed by atoms with van der Waals surface area (Å²) in [6, 6.07) is 17.3. The van der Waals surface area contributed by atoms with Crippen LogP contribution in [0.5, 0.6) is 0 Å². The van der Waals surface area contributed by atoms with Gasteiger partial charge in [0.1, 0.15) is 0 Å². The Balaban J connectivity index is 1.94. The molecule has 0 saturated carbocycles. The molecule has 2 aromatic carbocycles. The lowest BCUT2D eigenvalue weighted by atomic mass is 10.1. The topological polar surface area (TPSA) is 79.5 Å². The minimum atomic E-state index is 0.0240. The number of nitrogens with zero attached hydrogens (tertiary/aromatic N) is 1. The van der Waals surface area contributed by atoms with Gasteiger partial charge in [0.25, 0.3) is 0 Å². The zero-order valence-electron chi connectivity index (χ0n) is 14.1. The molecular formula is C19H24N4O. The molecule has 0 heterocycles. The predicted octanol–water partition coefficient (Wildman–Crippen LogP) is 3.60. The van der Waals surface area contributed by atoms with Crippen LogP contribution < -0.4 is 16.4 Å². The van der Waals surface area contributed by atoms with E-state index in [2.05, 4.69) is 15.6 Å². The molecule has 2 aromatic rings. The van der Waals surface area contributed by atoms with E-state index < -0.39 is 0 Å². The Bertz CT molecular complexity index is 696. The predicted molar refractivity (Wildman–Crippen MR) is 99.9 cm³/mol. The van der Waals surface area contributed by atoms with E-state index in [1.165, 1.54) is 0 Å². The van der Waals surface area contributed by atoms with Crippen LogP contribution in [0.2, 0.25) is 0 Å². The first kappa shape index (κ1) is 17.5. The molecular weight excluding hydrogens is 300 g/mol. The molecule has 24 heavy (non-hydrogen) atoms. The molecule has 126 valence electrons. The highest BCUT2D eigenvalue weighted by Crippen LogP contribution is 2.13. The van der Waals surface area contributed by atoms with E-state index in [4.69, 9.17) is 5.73 Å². The van der Waals surface area contributed by atoms with Gasteiger partial charge < -0.3 is 16.4 Å². The largest absolute Gasteiger partial charge is 0.370 e. The first-order valence-corrected chi connectivity index (χ1v) is 8.03. The summed E-state index contributed by atoms with van der Waals surface area (Å²) in [5, 5.41) is 5.95. The summed E-state index contributed by atoms with van der Waals surface area (Å²) >= 11 is 0. The van der Waals surface area contributed by atoms with Crippen molar-refractivity contribution in [2.24, 2.45) is 16.6 Å². The Labute approximate surface area is 143 Å². The number of benzene rings is 2. The number of aliphatic imine (C=N–C) groups is 1. The van der Waals surface area contributed by atoms with Crippen LogP contribution in [0.4, 0.5) is 11.4 Å². The third-order valence-corrected chi connectivity index (χ3v) is 3.28. The van der Waals surface area contributed by atoms with Gasteiger partial charge >= 0.3 is 0 Å². The lowest BCUT2D eigenvalue weighted by Crippen LogP contribution is -2.22. The number of nitrogens with two attached hydrogens (primary N) is 1. The molecule has 4 N–H and O–H groups in total. The van der Waals surface area contributed by atoms with Gasteiger partial charge in [-0.2, -0.15) is 0 Å². The Morgan fingerprint density at radius 2 is 1.75 bits per heavy atom. The second kappa shape index (κ2) is 8.72. The molecule has 0 fully saturated rings. The molecule has 0 unspecified atom stereocenters. The summed E-state index contributed by atoms with van der Waals surface area (Å²) in [5.74, 6) is 0.716. The summed E-state index contributed by atoms with van der Waals surface area (Å²) in [5.41, 5.74) is 8.56. The van der Waals surface area contributed by atoms with Gasteiger partial charge in [-0.3, -0.25) is 4.79 Å². The van der Waals surface area contributed by atoms with Crippen LogP contribution in [0.1, 0.15) is 25.8 Å². The van der Waals surface area contributed by atoms with Crippen molar-refractivity contribution in [3.63, 3.8) is 0 Å². The minimum absolute atomic E-state index is 0.0240. The molecule has 0 spiro atoms. The van der Waals surface area contributed by atoms with Crippen molar-refractivity contribution in [2.45, 2.75) is 26.8 Å². The van der Waals surface area contributed by atoms with E-state index >= 15 is 0 Å². The highest BCUT2D eigenvalue weighted by molar-refractivity contribution is 5.92. The van der Waals surface area contributed by atoms with Gasteiger partial charge in [0.15, 0.2) is 5.96 Å². The summed E-state index contributed by atoms with van der Waals surface area (Å²) < 4.78 is 0. The Hall–Kier alpha value is -2.82. The van der Waals surface area contributed by atoms with Gasteiger partial charge in [0.05, 0.1) is 6.54 Å². The Morgan fingerprint density at radius 1 is 1.04 bits per heavy atom. The molecule has 0 aliphatic rings. The highest BCUT2D eigenvalue weighted by atomic mass is 16.1. The standard InChI is InChI=1S/C19H24N4O/c1-14(2)11-18(24)22-17-10-6-7-15(12-17)13-21-19(20)23-16-8-4-3-5-9-16/h3-10,12,14H,11,13H2,1-2H3,(H,22,24)(H3,20,21,23). The highest BCUT2D eigenvalue weighted by Gasteiger charge is 2.05. The van der Waals surface area contributed by atoms with Crippen LogP contribution in [-0.4, -0.2) is 11.9 Å². The van der Waals surface area contributed by atoms with Gasteiger partial charge in [0, 0.05) is 17.8 Å². The number of amides is 1. The third kappa shape index (κ3) is 6.12. The molecule has 0 radical (unpaired) electrons. The lowest BCUT2D eigenvalue weighted by molar-refractivity contribution is -0.116. The number of carbonyl (C=O) groups excluding carboxylic acids is 1. The fourth-order valence-electron chi connectivity index (χ4n) is 2.22. The SMILES string of the molecule is CC(C)CC(=O)Nc1cccc(CN=C(N)Nc2ccccc2)c1. The number of anilines is 2. The molecule has 0 atom stereocenters. The first-order chi connectivity index (χ1) is 11.5. The van der Waals surface area contributed by atoms with Crippen LogP contribution >= 0.6 is 0 Å². The molecule has 5 nitrogen and oxygen atoms in total. The normalized spacial score (nSPS) is 11.4. The average Bonchev–Trinajstić information content (AvgIpc) is 2.53. The summed E-state index contributed by atoms with van der Waals surface area (Å²) in [4.78, 5) is 16.2. The van der Waals surface area contributed by atoms with Crippen molar-refractivity contribution in [1.29, 1.82) is 0 Å². The van der Waals surface area contributed by atoms with Gasteiger partial charge in [0.2, 0.25) is 5.91 Å². The molecule has 0 aromatic heterocycles. The minimum Gasteiger partial charge on any atom is -0.370 e. The monoisotopic (exact) mass is 324 g/mol. The summed E-state index contributed by atoms with van der Waals surface area (Å²) in [6.45, 7) is 4.49. The van der Waals surface area contributed by atoms with Crippen molar-refractivity contribution in [3.8, 4) is 0 Å². The van der Waals surface area contributed by atoms with Crippen LogP contribution in [0.3, 0.4) is 0 Å². The summed E-state index contributed by atoms with van der Waals surface area (Å²) in [7, 11) is 0. The van der Waals surface area contributed by atoms with Crippen molar-refractivity contribution in [2.75, 3.05) is 10.6 Å². The van der Waals surface area contributed by atoms with Gasteiger partial charge in [-0.25, -0.2) is 4.99 Å². The quantitative estimate of drug-likeness (QED) is 0.561. The second-order valence-electron chi connectivity index (χ2n) is 6.04. The fraction of sp³-hybridized carbons (Fsp3) is 0.263. The van der Waals surface area contributed by atoms with E-state index in [0.717, 1.165) is 16.9 Å². The first-order valence-electron chi connectivity index (χ1n) is 8.03. The van der Waals surface area contributed by atoms with Crippen LogP contribution in [0, 0.1) is 5.92 Å². The van der Waals surface area contributed by atoms with Crippen molar-refractivity contribution >= 4 is 23.2 Å².